The van der Waals surface area contributed by atoms with E-state index in [1.165, 1.54) is 4.90 Å². The van der Waals surface area contributed by atoms with Crippen LogP contribution in [0.4, 0.5) is 0 Å². The van der Waals surface area contributed by atoms with Crippen LogP contribution in [-0.4, -0.2) is 78.7 Å². The Labute approximate surface area is 195 Å². The number of unbranched alkanes of at least 4 members (excludes halogenated alkanes) is 1. The molecule has 174 valence electrons. The molecule has 1 unspecified atom stereocenters. The smallest absolute Gasteiger partial charge is 0.261 e. The Balaban J connectivity index is 1.51. The van der Waals surface area contributed by atoms with Crippen LogP contribution in [0.1, 0.15) is 62.4 Å². The van der Waals surface area contributed by atoms with E-state index in [-0.39, 0.29) is 23.8 Å². The number of amides is 3. The molecule has 7 nitrogen and oxygen atoms in total. The van der Waals surface area contributed by atoms with Gasteiger partial charge in [0.05, 0.1) is 17.2 Å². The van der Waals surface area contributed by atoms with Crippen LogP contribution in [-0.2, 0) is 0 Å². The highest BCUT2D eigenvalue weighted by Gasteiger charge is 2.35. The Kier molecular flexibility index (Phi) is 7.20. The molecule has 1 fully saturated rings. The van der Waals surface area contributed by atoms with Crippen molar-refractivity contribution in [2.75, 3.05) is 46.3 Å². The maximum Gasteiger partial charge on any atom is 0.261 e. The Bertz CT molecular complexity index is 1020. The van der Waals surface area contributed by atoms with Gasteiger partial charge in [0.2, 0.25) is 0 Å². The molecule has 1 saturated heterocycles. The van der Waals surface area contributed by atoms with Gasteiger partial charge in [-0.3, -0.25) is 24.2 Å². The maximum atomic E-state index is 13.2. The summed E-state index contributed by atoms with van der Waals surface area (Å²) >= 11 is 0. The quantitative estimate of drug-likeness (QED) is 0.629. The third-order valence-corrected chi connectivity index (χ3v) is 6.51. The van der Waals surface area contributed by atoms with E-state index in [1.807, 2.05) is 37.3 Å². The van der Waals surface area contributed by atoms with Gasteiger partial charge in [-0.1, -0.05) is 43.7 Å². The van der Waals surface area contributed by atoms with Gasteiger partial charge < -0.3 is 10.2 Å². The van der Waals surface area contributed by atoms with Crippen molar-refractivity contribution in [1.82, 2.24) is 20.0 Å². The van der Waals surface area contributed by atoms with Crippen LogP contribution in [0.2, 0.25) is 0 Å². The number of hydrogen-bond donors (Lipinski definition) is 1. The zero-order valence-electron chi connectivity index (χ0n) is 19.4. The van der Waals surface area contributed by atoms with Crippen LogP contribution >= 0.6 is 0 Å². The monoisotopic (exact) mass is 448 g/mol. The molecule has 4 rings (SSSR count). The summed E-state index contributed by atoms with van der Waals surface area (Å²) in [5.41, 5.74) is 2.14. The number of carbonyl (C=O) groups excluding carboxylic acids is 3. The van der Waals surface area contributed by atoms with Gasteiger partial charge in [0.25, 0.3) is 17.7 Å². The SMILES string of the molecule is CCCCN1C(=O)c2ccc(C(=O)NC(CN3CCN(C)CC3)c3ccccc3)cc2C1=O. The van der Waals surface area contributed by atoms with E-state index >= 15 is 0 Å². The summed E-state index contributed by atoms with van der Waals surface area (Å²) in [6, 6.07) is 14.6. The number of piperazine rings is 1. The van der Waals surface area contributed by atoms with E-state index in [4.69, 9.17) is 0 Å². The molecular formula is C26H32N4O3. The predicted molar refractivity (Wildman–Crippen MR) is 127 cm³/mol. The Morgan fingerprint density at radius 3 is 2.36 bits per heavy atom. The maximum absolute atomic E-state index is 13.2. The second-order valence-electron chi connectivity index (χ2n) is 8.92. The first kappa shape index (κ1) is 23.1. The average molecular weight is 449 g/mol. The lowest BCUT2D eigenvalue weighted by Crippen LogP contribution is -2.47. The lowest BCUT2D eigenvalue weighted by atomic mass is 10.0. The second-order valence-corrected chi connectivity index (χ2v) is 8.92. The average Bonchev–Trinajstić information content (AvgIpc) is 3.08. The van der Waals surface area contributed by atoms with Gasteiger partial charge in [-0.05, 0) is 37.2 Å². The van der Waals surface area contributed by atoms with Crippen LogP contribution in [0.25, 0.3) is 0 Å². The number of nitrogens with zero attached hydrogens (tertiary/aromatic N) is 3. The third-order valence-electron chi connectivity index (χ3n) is 6.51. The fraction of sp³-hybridized carbons (Fsp3) is 0.423. The minimum absolute atomic E-state index is 0.172. The molecular weight excluding hydrogens is 416 g/mol. The summed E-state index contributed by atoms with van der Waals surface area (Å²) in [6.45, 7) is 7.07. The van der Waals surface area contributed by atoms with Crippen LogP contribution in [0, 0.1) is 0 Å². The van der Waals surface area contributed by atoms with E-state index in [9.17, 15) is 14.4 Å². The largest absolute Gasteiger partial charge is 0.344 e. The minimum atomic E-state index is -0.310. The van der Waals surface area contributed by atoms with Crippen molar-refractivity contribution >= 4 is 17.7 Å². The summed E-state index contributed by atoms with van der Waals surface area (Å²) in [6.07, 6.45) is 1.67. The van der Waals surface area contributed by atoms with Crippen molar-refractivity contribution in [2.45, 2.75) is 25.8 Å². The zero-order valence-corrected chi connectivity index (χ0v) is 19.4. The van der Waals surface area contributed by atoms with Crippen molar-refractivity contribution in [3.63, 3.8) is 0 Å². The lowest BCUT2D eigenvalue weighted by molar-refractivity contribution is 0.0652. The van der Waals surface area contributed by atoms with E-state index < -0.39 is 0 Å². The normalized spacial score (nSPS) is 17.8. The standard InChI is InChI=1S/C26H32N4O3/c1-3-4-12-30-25(32)21-11-10-20(17-22(21)26(30)33)24(31)27-23(19-8-6-5-7-9-19)18-29-15-13-28(2)14-16-29/h5-11,17,23H,3-4,12-16,18H2,1-2H3,(H,27,31). The van der Waals surface area contributed by atoms with Crippen LogP contribution in [0.3, 0.4) is 0 Å². The summed E-state index contributed by atoms with van der Waals surface area (Å²) in [7, 11) is 2.12. The van der Waals surface area contributed by atoms with E-state index in [2.05, 4.69) is 22.2 Å². The Hall–Kier alpha value is -3.03. The fourth-order valence-corrected chi connectivity index (χ4v) is 4.40. The summed E-state index contributed by atoms with van der Waals surface area (Å²) < 4.78 is 0. The minimum Gasteiger partial charge on any atom is -0.344 e. The van der Waals surface area contributed by atoms with E-state index in [1.54, 1.807) is 18.2 Å². The van der Waals surface area contributed by atoms with Gasteiger partial charge >= 0.3 is 0 Å². The van der Waals surface area contributed by atoms with Gasteiger partial charge in [-0.2, -0.15) is 0 Å². The fourth-order valence-electron chi connectivity index (χ4n) is 4.40. The third kappa shape index (κ3) is 5.15. The predicted octanol–water partition coefficient (Wildman–Crippen LogP) is 2.80. The molecule has 0 aromatic heterocycles. The summed E-state index contributed by atoms with van der Waals surface area (Å²) in [5.74, 6) is -0.823. The first-order chi connectivity index (χ1) is 16.0. The number of fused-ring (bicyclic) bond motifs is 1. The zero-order chi connectivity index (χ0) is 23.4. The molecule has 2 heterocycles. The molecule has 0 aliphatic carbocycles. The number of rotatable bonds is 8. The molecule has 2 aromatic carbocycles. The molecule has 7 heteroatoms. The first-order valence-corrected chi connectivity index (χ1v) is 11.7. The van der Waals surface area contributed by atoms with Crippen molar-refractivity contribution in [2.24, 2.45) is 0 Å². The highest BCUT2D eigenvalue weighted by Crippen LogP contribution is 2.25. The highest BCUT2D eigenvalue weighted by molar-refractivity contribution is 6.22. The summed E-state index contributed by atoms with van der Waals surface area (Å²) in [5, 5.41) is 3.17. The molecule has 0 saturated carbocycles. The van der Waals surface area contributed by atoms with E-state index in [0.29, 0.717) is 23.2 Å². The van der Waals surface area contributed by atoms with Crippen molar-refractivity contribution in [1.29, 1.82) is 0 Å². The van der Waals surface area contributed by atoms with Crippen LogP contribution < -0.4 is 5.32 Å². The molecule has 0 radical (unpaired) electrons. The highest BCUT2D eigenvalue weighted by atomic mass is 16.2. The molecule has 2 aliphatic rings. The number of benzene rings is 2. The molecule has 3 amide bonds. The Morgan fingerprint density at radius 1 is 0.970 bits per heavy atom. The molecule has 2 aliphatic heterocycles. The Morgan fingerprint density at radius 2 is 1.67 bits per heavy atom. The number of likely N-dealkylation sites (N-methyl/N-ethyl adjacent to an activating group) is 1. The van der Waals surface area contributed by atoms with Crippen molar-refractivity contribution in [3.8, 4) is 0 Å². The first-order valence-electron chi connectivity index (χ1n) is 11.7. The van der Waals surface area contributed by atoms with Crippen LogP contribution in [0.5, 0.6) is 0 Å². The number of hydrogen-bond acceptors (Lipinski definition) is 5. The van der Waals surface area contributed by atoms with Crippen molar-refractivity contribution < 1.29 is 14.4 Å². The molecule has 33 heavy (non-hydrogen) atoms. The van der Waals surface area contributed by atoms with E-state index in [0.717, 1.165) is 51.1 Å². The number of carbonyl (C=O) groups is 3. The van der Waals surface area contributed by atoms with Gasteiger partial charge in [-0.15, -0.1) is 0 Å². The van der Waals surface area contributed by atoms with Crippen molar-refractivity contribution in [3.05, 3.63) is 70.8 Å². The van der Waals surface area contributed by atoms with Gasteiger partial charge in [0.1, 0.15) is 0 Å². The van der Waals surface area contributed by atoms with Gasteiger partial charge in [0.15, 0.2) is 0 Å². The van der Waals surface area contributed by atoms with Crippen LogP contribution in [0.15, 0.2) is 48.5 Å². The summed E-state index contributed by atoms with van der Waals surface area (Å²) in [4.78, 5) is 44.6. The molecule has 1 atom stereocenters. The number of imide groups is 1. The molecule has 0 spiro atoms. The lowest BCUT2D eigenvalue weighted by Gasteiger charge is -2.35. The molecule has 1 N–H and O–H groups in total. The van der Waals surface area contributed by atoms with Gasteiger partial charge in [-0.25, -0.2) is 0 Å². The molecule has 0 bridgehead atoms. The second kappa shape index (κ2) is 10.3. The number of nitrogens with one attached hydrogen (secondary N) is 1. The van der Waals surface area contributed by atoms with Gasteiger partial charge in [0, 0.05) is 44.8 Å². The topological polar surface area (TPSA) is 73.0 Å². The molecule has 2 aromatic rings.